The van der Waals surface area contributed by atoms with E-state index in [2.05, 4.69) is 56.4 Å². The molecular formula is C22H31N3O. The summed E-state index contributed by atoms with van der Waals surface area (Å²) in [6.45, 7) is 16.8. The number of benzene rings is 1. The second kappa shape index (κ2) is 9.26. The zero-order valence-electron chi connectivity index (χ0n) is 16.6. The molecule has 0 bridgehead atoms. The Morgan fingerprint density at radius 1 is 1.31 bits per heavy atom. The summed E-state index contributed by atoms with van der Waals surface area (Å²) in [5.74, 6) is 5.72. The molecule has 1 aromatic carbocycles. The molecule has 0 spiro atoms. The fourth-order valence-corrected chi connectivity index (χ4v) is 2.83. The van der Waals surface area contributed by atoms with E-state index in [9.17, 15) is 4.79 Å². The van der Waals surface area contributed by atoms with Crippen molar-refractivity contribution in [3.8, 4) is 11.8 Å². The van der Waals surface area contributed by atoms with Crippen molar-refractivity contribution in [1.82, 2.24) is 10.6 Å². The highest BCUT2D eigenvalue weighted by Gasteiger charge is 2.31. The molecule has 0 fully saturated rings. The van der Waals surface area contributed by atoms with Crippen LogP contribution < -0.4 is 16.4 Å². The van der Waals surface area contributed by atoms with Gasteiger partial charge < -0.3 is 11.1 Å². The second-order valence-electron chi connectivity index (χ2n) is 6.84. The van der Waals surface area contributed by atoms with Gasteiger partial charge in [0.25, 0.3) is 0 Å². The third-order valence-corrected chi connectivity index (χ3v) is 4.71. The molecule has 140 valence electrons. The van der Waals surface area contributed by atoms with E-state index in [1.165, 1.54) is 0 Å². The summed E-state index contributed by atoms with van der Waals surface area (Å²) >= 11 is 0. The number of carbonyl (C=O) groups excluding carboxylic acids is 1. The number of hydrogen-bond acceptors (Lipinski definition) is 3. The number of primary amides is 1. The average Bonchev–Trinajstić information content (AvgIpc) is 2.60. The Kier molecular flexibility index (Phi) is 7.67. The minimum Gasteiger partial charge on any atom is -0.376 e. The minimum atomic E-state index is -0.657. The zero-order valence-corrected chi connectivity index (χ0v) is 16.6. The van der Waals surface area contributed by atoms with Crippen molar-refractivity contribution in [2.75, 3.05) is 7.05 Å². The number of nitrogens with two attached hydrogens (primary N) is 1. The van der Waals surface area contributed by atoms with Gasteiger partial charge in [-0.3, -0.25) is 10.1 Å². The average molecular weight is 354 g/mol. The van der Waals surface area contributed by atoms with Crippen molar-refractivity contribution in [1.29, 1.82) is 0 Å². The lowest BCUT2D eigenvalue weighted by Crippen LogP contribution is -2.41. The van der Waals surface area contributed by atoms with Gasteiger partial charge >= 0.3 is 0 Å². The molecule has 1 amide bonds. The largest absolute Gasteiger partial charge is 0.376 e. The van der Waals surface area contributed by atoms with E-state index in [1.54, 1.807) is 7.05 Å². The maximum atomic E-state index is 11.2. The van der Waals surface area contributed by atoms with Gasteiger partial charge in [0, 0.05) is 11.3 Å². The molecule has 0 radical (unpaired) electrons. The van der Waals surface area contributed by atoms with E-state index in [4.69, 9.17) is 5.73 Å². The Morgan fingerprint density at radius 2 is 1.88 bits per heavy atom. The van der Waals surface area contributed by atoms with Crippen molar-refractivity contribution < 1.29 is 4.79 Å². The van der Waals surface area contributed by atoms with Crippen LogP contribution in [0.25, 0.3) is 0 Å². The second-order valence-corrected chi connectivity index (χ2v) is 6.84. The van der Waals surface area contributed by atoms with Crippen LogP contribution in [0.4, 0.5) is 0 Å². The van der Waals surface area contributed by atoms with Gasteiger partial charge in [0.1, 0.15) is 6.04 Å². The van der Waals surface area contributed by atoms with E-state index in [0.717, 1.165) is 28.8 Å². The monoisotopic (exact) mass is 353 g/mol. The summed E-state index contributed by atoms with van der Waals surface area (Å²) in [5, 5.41) is 6.26. The molecule has 0 saturated heterocycles. The van der Waals surface area contributed by atoms with E-state index in [-0.39, 0.29) is 0 Å². The standard InChI is InChI=1S/C22H31N3O/c1-8-16(4)17(5)22(6,25-15(2)3)19-12-9-18(10-13-19)11-14-20(24-7)21(23)26/h9-10,12-13,16,20,24-25H,2,5,8H2,1,3-4,6-7H3,(H2,23,26). The highest BCUT2D eigenvalue weighted by molar-refractivity contribution is 5.83. The molecule has 0 heterocycles. The first-order valence-electron chi connectivity index (χ1n) is 8.87. The lowest BCUT2D eigenvalue weighted by atomic mass is 9.78. The fraction of sp³-hybridized carbons (Fsp3) is 0.409. The van der Waals surface area contributed by atoms with Crippen LogP contribution in [0.2, 0.25) is 0 Å². The highest BCUT2D eigenvalue weighted by Crippen LogP contribution is 2.34. The molecule has 4 heteroatoms. The van der Waals surface area contributed by atoms with Gasteiger partial charge in [0.2, 0.25) is 5.91 Å². The normalized spacial score (nSPS) is 15.0. The molecule has 4 nitrogen and oxygen atoms in total. The number of amides is 1. The molecular weight excluding hydrogens is 322 g/mol. The third-order valence-electron chi connectivity index (χ3n) is 4.71. The van der Waals surface area contributed by atoms with Gasteiger partial charge in [-0.1, -0.05) is 51.0 Å². The number of allylic oxidation sites excluding steroid dienone is 1. The first-order valence-corrected chi connectivity index (χ1v) is 8.87. The maximum absolute atomic E-state index is 11.2. The molecule has 0 aliphatic rings. The van der Waals surface area contributed by atoms with Crippen LogP contribution in [0.5, 0.6) is 0 Å². The molecule has 26 heavy (non-hydrogen) atoms. The van der Waals surface area contributed by atoms with Crippen molar-refractivity contribution in [3.63, 3.8) is 0 Å². The SMILES string of the molecule is C=C(C)NC(C)(C(=C)C(C)CC)c1ccc(C#CC(NC)C(N)=O)cc1. The van der Waals surface area contributed by atoms with E-state index >= 15 is 0 Å². The summed E-state index contributed by atoms with van der Waals surface area (Å²) in [4.78, 5) is 11.2. The van der Waals surface area contributed by atoms with Crippen molar-refractivity contribution in [2.45, 2.75) is 45.7 Å². The molecule has 1 aromatic rings. The summed E-state index contributed by atoms with van der Waals surface area (Å²) in [5.41, 5.74) is 8.79. The van der Waals surface area contributed by atoms with Gasteiger partial charge in [-0.2, -0.15) is 0 Å². The van der Waals surface area contributed by atoms with Gasteiger partial charge in [-0.25, -0.2) is 0 Å². The number of hydrogen-bond donors (Lipinski definition) is 3. The van der Waals surface area contributed by atoms with Crippen LogP contribution in [-0.4, -0.2) is 19.0 Å². The van der Waals surface area contributed by atoms with E-state index in [0.29, 0.717) is 5.92 Å². The van der Waals surface area contributed by atoms with Crippen LogP contribution in [0.1, 0.15) is 45.2 Å². The summed E-state index contributed by atoms with van der Waals surface area (Å²) < 4.78 is 0. The molecule has 3 atom stereocenters. The molecule has 4 N–H and O–H groups in total. The van der Waals surface area contributed by atoms with Crippen LogP contribution in [0, 0.1) is 17.8 Å². The minimum absolute atomic E-state index is 0.373. The molecule has 1 rings (SSSR count). The topological polar surface area (TPSA) is 67.2 Å². The number of carbonyl (C=O) groups is 1. The van der Waals surface area contributed by atoms with Gasteiger partial charge in [-0.05, 0) is 56.5 Å². The predicted molar refractivity (Wildman–Crippen MR) is 109 cm³/mol. The van der Waals surface area contributed by atoms with Crippen molar-refractivity contribution in [2.24, 2.45) is 11.7 Å². The lowest BCUT2D eigenvalue weighted by molar-refractivity contribution is -0.118. The maximum Gasteiger partial charge on any atom is 0.247 e. The molecule has 0 aliphatic carbocycles. The van der Waals surface area contributed by atoms with E-state index in [1.807, 2.05) is 31.2 Å². The fourth-order valence-electron chi connectivity index (χ4n) is 2.83. The Bertz CT molecular complexity index is 724. The van der Waals surface area contributed by atoms with Crippen LogP contribution in [0.3, 0.4) is 0 Å². The zero-order chi connectivity index (χ0) is 19.9. The predicted octanol–water partition coefficient (Wildman–Crippen LogP) is 3.05. The van der Waals surface area contributed by atoms with Crippen LogP contribution in [-0.2, 0) is 10.3 Å². The lowest BCUT2D eigenvalue weighted by Gasteiger charge is -2.37. The molecule has 3 unspecified atom stereocenters. The first kappa shape index (κ1) is 21.5. The molecule has 0 aromatic heterocycles. The van der Waals surface area contributed by atoms with Gasteiger partial charge in [0.15, 0.2) is 0 Å². The Balaban J connectivity index is 3.19. The van der Waals surface area contributed by atoms with Crippen molar-refractivity contribution in [3.05, 3.63) is 59.8 Å². The molecule has 0 aliphatic heterocycles. The number of likely N-dealkylation sites (N-methyl/N-ethyl adjacent to an activating group) is 1. The van der Waals surface area contributed by atoms with Gasteiger partial charge in [-0.15, -0.1) is 0 Å². The smallest absolute Gasteiger partial charge is 0.247 e. The Labute approximate surface area is 157 Å². The summed E-state index contributed by atoms with van der Waals surface area (Å²) in [6, 6.07) is 7.30. The van der Waals surface area contributed by atoms with E-state index < -0.39 is 17.5 Å². The first-order chi connectivity index (χ1) is 12.2. The van der Waals surface area contributed by atoms with Crippen LogP contribution in [0.15, 0.2) is 48.7 Å². The van der Waals surface area contributed by atoms with Crippen LogP contribution >= 0.6 is 0 Å². The third kappa shape index (κ3) is 5.24. The summed E-state index contributed by atoms with van der Waals surface area (Å²) in [6.07, 6.45) is 1.02. The highest BCUT2D eigenvalue weighted by atomic mass is 16.1. The Hall–Kier alpha value is -2.51. The summed E-state index contributed by atoms with van der Waals surface area (Å²) in [7, 11) is 1.66. The number of nitrogens with one attached hydrogen (secondary N) is 2. The quantitative estimate of drug-likeness (QED) is 0.497. The van der Waals surface area contributed by atoms with Gasteiger partial charge in [0.05, 0.1) is 5.54 Å². The van der Waals surface area contributed by atoms with Crippen molar-refractivity contribution >= 4 is 5.91 Å². The number of rotatable bonds is 8. The molecule has 0 saturated carbocycles. The Morgan fingerprint density at radius 3 is 2.31 bits per heavy atom.